The van der Waals surface area contributed by atoms with Crippen LogP contribution in [0.25, 0.3) is 0 Å². The fourth-order valence-electron chi connectivity index (χ4n) is 0.969. The molecule has 0 radical (unpaired) electrons. The lowest BCUT2D eigenvalue weighted by Crippen LogP contribution is -1.87. The SMILES string of the molecule is CCCc1cnccn1.c1cnccn1. The summed E-state index contributed by atoms with van der Waals surface area (Å²) in [4.78, 5) is 15.5. The van der Waals surface area contributed by atoms with E-state index in [1.165, 1.54) is 0 Å². The van der Waals surface area contributed by atoms with Gasteiger partial charge in [-0.05, 0) is 6.42 Å². The van der Waals surface area contributed by atoms with Crippen molar-refractivity contribution in [3.63, 3.8) is 0 Å². The van der Waals surface area contributed by atoms with Crippen LogP contribution in [0.2, 0.25) is 0 Å². The number of nitrogens with zero attached hydrogens (tertiary/aromatic N) is 4. The second-order valence-electron chi connectivity index (χ2n) is 2.84. The Kier molecular flexibility index (Phi) is 5.66. The molecule has 0 aliphatic rings. The van der Waals surface area contributed by atoms with Crippen molar-refractivity contribution in [2.45, 2.75) is 19.8 Å². The quantitative estimate of drug-likeness (QED) is 0.746. The van der Waals surface area contributed by atoms with Gasteiger partial charge in [-0.25, -0.2) is 0 Å². The van der Waals surface area contributed by atoms with Crippen LogP contribution in [0.15, 0.2) is 43.4 Å². The molecule has 0 amide bonds. The van der Waals surface area contributed by atoms with Crippen molar-refractivity contribution in [3.8, 4) is 0 Å². The van der Waals surface area contributed by atoms with Gasteiger partial charge in [-0.2, -0.15) is 0 Å². The van der Waals surface area contributed by atoms with Gasteiger partial charge in [0, 0.05) is 43.4 Å². The molecular weight excluding hydrogens is 188 g/mol. The average Bonchev–Trinajstić information content (AvgIpc) is 2.34. The summed E-state index contributed by atoms with van der Waals surface area (Å²) in [5.41, 5.74) is 1.08. The first-order valence-corrected chi connectivity index (χ1v) is 4.88. The van der Waals surface area contributed by atoms with Crippen molar-refractivity contribution in [1.82, 2.24) is 19.9 Å². The van der Waals surface area contributed by atoms with Crippen molar-refractivity contribution < 1.29 is 0 Å². The van der Waals surface area contributed by atoms with E-state index in [9.17, 15) is 0 Å². The van der Waals surface area contributed by atoms with Crippen LogP contribution >= 0.6 is 0 Å². The molecule has 2 aromatic heterocycles. The third-order valence-electron chi connectivity index (χ3n) is 1.60. The van der Waals surface area contributed by atoms with Crippen molar-refractivity contribution >= 4 is 0 Å². The highest BCUT2D eigenvalue weighted by molar-refractivity contribution is 4.93. The van der Waals surface area contributed by atoms with Crippen LogP contribution in [-0.4, -0.2) is 19.9 Å². The van der Waals surface area contributed by atoms with Crippen LogP contribution in [0.5, 0.6) is 0 Å². The Morgan fingerprint density at radius 2 is 1.47 bits per heavy atom. The van der Waals surface area contributed by atoms with Gasteiger partial charge in [-0.15, -0.1) is 0 Å². The smallest absolute Gasteiger partial charge is 0.0586 e. The minimum absolute atomic E-state index is 1.04. The lowest BCUT2D eigenvalue weighted by atomic mass is 10.3. The average molecular weight is 202 g/mol. The maximum absolute atomic E-state index is 4.11. The molecule has 0 saturated heterocycles. The Hall–Kier alpha value is -1.84. The number of rotatable bonds is 2. The van der Waals surface area contributed by atoms with Crippen LogP contribution in [0, 0.1) is 0 Å². The van der Waals surface area contributed by atoms with Crippen LogP contribution < -0.4 is 0 Å². The normalized spacial score (nSPS) is 8.87. The van der Waals surface area contributed by atoms with E-state index in [4.69, 9.17) is 0 Å². The van der Waals surface area contributed by atoms with Gasteiger partial charge >= 0.3 is 0 Å². The zero-order valence-electron chi connectivity index (χ0n) is 8.74. The molecule has 4 nitrogen and oxygen atoms in total. The molecule has 2 aromatic rings. The molecule has 0 bridgehead atoms. The number of hydrogen-bond acceptors (Lipinski definition) is 4. The van der Waals surface area contributed by atoms with Gasteiger partial charge in [0.2, 0.25) is 0 Å². The summed E-state index contributed by atoms with van der Waals surface area (Å²) in [6.07, 6.45) is 14.0. The molecule has 15 heavy (non-hydrogen) atoms. The Morgan fingerprint density at radius 1 is 0.867 bits per heavy atom. The van der Waals surface area contributed by atoms with E-state index in [2.05, 4.69) is 26.9 Å². The Morgan fingerprint density at radius 3 is 1.87 bits per heavy atom. The van der Waals surface area contributed by atoms with E-state index in [-0.39, 0.29) is 0 Å². The molecule has 2 heterocycles. The summed E-state index contributed by atoms with van der Waals surface area (Å²) in [6.45, 7) is 2.13. The summed E-state index contributed by atoms with van der Waals surface area (Å²) in [5.74, 6) is 0. The Labute approximate surface area is 89.5 Å². The van der Waals surface area contributed by atoms with Crippen LogP contribution in [-0.2, 0) is 6.42 Å². The largest absolute Gasteiger partial charge is 0.262 e. The predicted octanol–water partition coefficient (Wildman–Crippen LogP) is 1.91. The molecule has 0 atom stereocenters. The molecule has 4 heteroatoms. The second-order valence-corrected chi connectivity index (χ2v) is 2.84. The molecule has 0 fully saturated rings. The van der Waals surface area contributed by atoms with Crippen molar-refractivity contribution in [2.75, 3.05) is 0 Å². The minimum Gasteiger partial charge on any atom is -0.262 e. The fraction of sp³-hybridized carbons (Fsp3) is 0.273. The summed E-state index contributed by atoms with van der Waals surface area (Å²) < 4.78 is 0. The molecule has 0 aromatic carbocycles. The first kappa shape index (κ1) is 11.2. The summed E-state index contributed by atoms with van der Waals surface area (Å²) in [5, 5.41) is 0. The van der Waals surface area contributed by atoms with Crippen LogP contribution in [0.4, 0.5) is 0 Å². The molecular formula is C11H14N4. The molecule has 0 aliphatic heterocycles. The Bertz CT molecular complexity index is 309. The number of hydrogen-bond donors (Lipinski definition) is 0. The first-order valence-electron chi connectivity index (χ1n) is 4.88. The highest BCUT2D eigenvalue weighted by Crippen LogP contribution is 1.93. The standard InChI is InChI=1S/C7H10N2.C4H4N2/c1-2-3-7-6-8-4-5-9-7;1-2-6-4-3-5-1/h4-6H,2-3H2,1H3;1-4H. The molecule has 0 saturated carbocycles. The molecule has 0 spiro atoms. The topological polar surface area (TPSA) is 51.6 Å². The summed E-state index contributed by atoms with van der Waals surface area (Å²) in [7, 11) is 0. The summed E-state index contributed by atoms with van der Waals surface area (Å²) >= 11 is 0. The lowest BCUT2D eigenvalue weighted by molar-refractivity contribution is 0.870. The van der Waals surface area contributed by atoms with Gasteiger partial charge < -0.3 is 0 Å². The first-order chi connectivity index (χ1) is 7.43. The van der Waals surface area contributed by atoms with Gasteiger partial charge in [-0.3, -0.25) is 19.9 Å². The predicted molar refractivity (Wildman–Crippen MR) is 58.1 cm³/mol. The van der Waals surface area contributed by atoms with E-state index in [0.717, 1.165) is 18.5 Å². The van der Waals surface area contributed by atoms with E-state index in [0.29, 0.717) is 0 Å². The third kappa shape index (κ3) is 5.46. The van der Waals surface area contributed by atoms with Crippen molar-refractivity contribution in [3.05, 3.63) is 49.1 Å². The fourth-order valence-corrected chi connectivity index (χ4v) is 0.969. The molecule has 2 rings (SSSR count). The number of aryl methyl sites for hydroxylation is 1. The van der Waals surface area contributed by atoms with Crippen molar-refractivity contribution in [2.24, 2.45) is 0 Å². The molecule has 78 valence electrons. The highest BCUT2D eigenvalue weighted by Gasteiger charge is 1.87. The summed E-state index contributed by atoms with van der Waals surface area (Å²) in [6, 6.07) is 0. The van der Waals surface area contributed by atoms with Crippen molar-refractivity contribution in [1.29, 1.82) is 0 Å². The highest BCUT2D eigenvalue weighted by atomic mass is 14.8. The lowest BCUT2D eigenvalue weighted by Gasteiger charge is -1.91. The van der Waals surface area contributed by atoms with Gasteiger partial charge in [0.25, 0.3) is 0 Å². The molecule has 0 N–H and O–H groups in total. The van der Waals surface area contributed by atoms with E-state index in [1.54, 1.807) is 37.2 Å². The Balaban J connectivity index is 0.000000162. The van der Waals surface area contributed by atoms with Crippen LogP contribution in [0.1, 0.15) is 19.0 Å². The van der Waals surface area contributed by atoms with Gasteiger partial charge in [0.15, 0.2) is 0 Å². The monoisotopic (exact) mass is 202 g/mol. The van der Waals surface area contributed by atoms with Gasteiger partial charge in [-0.1, -0.05) is 13.3 Å². The molecule has 0 unspecified atom stereocenters. The molecule has 0 aliphatic carbocycles. The third-order valence-corrected chi connectivity index (χ3v) is 1.60. The van der Waals surface area contributed by atoms with E-state index in [1.807, 2.05) is 6.20 Å². The van der Waals surface area contributed by atoms with Gasteiger partial charge in [0.1, 0.15) is 0 Å². The van der Waals surface area contributed by atoms with Gasteiger partial charge in [0.05, 0.1) is 5.69 Å². The number of aromatic nitrogens is 4. The van der Waals surface area contributed by atoms with E-state index >= 15 is 0 Å². The second kappa shape index (κ2) is 7.55. The zero-order valence-corrected chi connectivity index (χ0v) is 8.74. The zero-order chi connectivity index (χ0) is 10.8. The maximum atomic E-state index is 4.11. The minimum atomic E-state index is 1.04. The van der Waals surface area contributed by atoms with E-state index < -0.39 is 0 Å². The van der Waals surface area contributed by atoms with Crippen LogP contribution in [0.3, 0.4) is 0 Å². The maximum Gasteiger partial charge on any atom is 0.0586 e.